The van der Waals surface area contributed by atoms with E-state index in [0.717, 1.165) is 0 Å². The normalized spacial score (nSPS) is 18.0. The highest BCUT2D eigenvalue weighted by molar-refractivity contribution is 5.15. The molecule has 0 saturated carbocycles. The molecule has 0 aromatic carbocycles. The summed E-state index contributed by atoms with van der Waals surface area (Å²) in [6.07, 6.45) is -14.9. The zero-order chi connectivity index (χ0) is 20.0. The summed E-state index contributed by atoms with van der Waals surface area (Å²) >= 11 is 0. The minimum absolute atomic E-state index is 0.633. The van der Waals surface area contributed by atoms with Gasteiger partial charge in [-0.3, -0.25) is 0 Å². The van der Waals surface area contributed by atoms with E-state index >= 15 is 0 Å². The van der Waals surface area contributed by atoms with E-state index in [4.69, 9.17) is 0 Å². The Morgan fingerprint density at radius 1 is 0.542 bits per heavy atom. The summed E-state index contributed by atoms with van der Waals surface area (Å²) in [6.45, 7) is -1.24. The molecule has 0 aromatic heterocycles. The Bertz CT molecular complexity index is 433. The van der Waals surface area contributed by atoms with Crippen molar-refractivity contribution < 1.29 is 57.1 Å². The van der Waals surface area contributed by atoms with Crippen LogP contribution in [0.3, 0.4) is 0 Å². The van der Waals surface area contributed by atoms with Crippen LogP contribution in [0.15, 0.2) is 0 Å². The van der Waals surface area contributed by atoms with Crippen molar-refractivity contribution in [1.82, 2.24) is 4.90 Å². The number of hydrogen-bond acceptors (Lipinski definition) is 1. The molecule has 0 bridgehead atoms. The van der Waals surface area contributed by atoms with Gasteiger partial charge in [0.15, 0.2) is 0 Å². The number of hydrogen-bond donors (Lipinski definition) is 0. The van der Waals surface area contributed by atoms with Gasteiger partial charge in [0.25, 0.3) is 0 Å². The third-order valence-electron chi connectivity index (χ3n) is 3.15. The summed E-state index contributed by atoms with van der Waals surface area (Å²) in [5.41, 5.74) is -7.52. The van der Waals surface area contributed by atoms with E-state index in [1.165, 1.54) is 0 Å². The van der Waals surface area contributed by atoms with E-state index in [1.54, 1.807) is 0 Å². The summed E-state index contributed by atoms with van der Waals surface area (Å²) in [4.78, 5) is -0.944. The zero-order valence-corrected chi connectivity index (χ0v) is 11.8. The summed E-state index contributed by atoms with van der Waals surface area (Å²) < 4.78 is 167. The molecule has 14 heteroatoms. The lowest BCUT2D eigenvalue weighted by molar-refractivity contribution is -0.455. The number of rotatable bonds is 6. The predicted molar refractivity (Wildman–Crippen MR) is 53.7 cm³/mol. The molecule has 0 amide bonds. The fraction of sp³-hybridized carbons (Fsp3) is 1.00. The molecule has 0 radical (unpaired) electrons. The molecule has 0 fully saturated rings. The summed E-state index contributed by atoms with van der Waals surface area (Å²) in [5, 5.41) is 0. The summed E-state index contributed by atoms with van der Waals surface area (Å²) in [6, 6.07) is -6.42. The molecule has 0 aliphatic carbocycles. The standard InChI is InChI=1S/C10H10F13N/c1-3-24(4-2)10(22,23)5(11,8(16,17)18)6(12,13)7(14,15)9(19,20)21/h3-4H2,1-2H3. The predicted octanol–water partition coefficient (Wildman–Crippen LogP) is 5.02. The highest BCUT2D eigenvalue weighted by Crippen LogP contribution is 2.62. The SMILES string of the molecule is CCN(CC)C(F)(F)C(F)(C(F)(F)F)C(F)(F)C(F)(F)C(F)(F)F. The van der Waals surface area contributed by atoms with E-state index in [0.29, 0.717) is 13.8 Å². The molecule has 0 heterocycles. The van der Waals surface area contributed by atoms with Crippen molar-refractivity contribution in [3.05, 3.63) is 0 Å². The highest BCUT2D eigenvalue weighted by Gasteiger charge is 2.93. The Labute approximate surface area is 126 Å². The monoisotopic (exact) mass is 391 g/mol. The fourth-order valence-corrected chi connectivity index (χ4v) is 1.77. The first-order valence-electron chi connectivity index (χ1n) is 5.98. The van der Waals surface area contributed by atoms with E-state index in [2.05, 4.69) is 0 Å². The van der Waals surface area contributed by atoms with Gasteiger partial charge in [-0.15, -0.1) is 0 Å². The molecular formula is C10H10F13N. The van der Waals surface area contributed by atoms with Gasteiger partial charge in [0, 0.05) is 13.1 Å². The molecule has 0 N–H and O–H groups in total. The van der Waals surface area contributed by atoms with Crippen LogP contribution in [-0.4, -0.2) is 53.9 Å². The molecule has 0 saturated heterocycles. The van der Waals surface area contributed by atoms with Crippen molar-refractivity contribution in [2.45, 2.75) is 49.8 Å². The molecular weight excluding hydrogens is 381 g/mol. The van der Waals surface area contributed by atoms with Crippen LogP contribution in [0, 0.1) is 0 Å². The first kappa shape index (κ1) is 23.1. The second-order valence-electron chi connectivity index (χ2n) is 4.52. The average Bonchev–Trinajstić information content (AvgIpc) is 2.35. The maximum atomic E-state index is 13.9. The van der Waals surface area contributed by atoms with Crippen molar-refractivity contribution in [3.63, 3.8) is 0 Å². The second-order valence-corrected chi connectivity index (χ2v) is 4.52. The topological polar surface area (TPSA) is 3.24 Å². The van der Waals surface area contributed by atoms with Crippen LogP contribution >= 0.6 is 0 Å². The van der Waals surface area contributed by atoms with Gasteiger partial charge in [-0.2, -0.15) is 52.7 Å². The molecule has 0 aromatic rings. The van der Waals surface area contributed by atoms with Gasteiger partial charge in [0.2, 0.25) is 0 Å². The van der Waals surface area contributed by atoms with Crippen LogP contribution < -0.4 is 0 Å². The Kier molecular flexibility index (Phi) is 5.85. The Morgan fingerprint density at radius 2 is 0.875 bits per heavy atom. The van der Waals surface area contributed by atoms with E-state index in [-0.39, 0.29) is 0 Å². The van der Waals surface area contributed by atoms with Crippen LogP contribution in [0.25, 0.3) is 0 Å². The van der Waals surface area contributed by atoms with Crippen LogP contribution in [0.4, 0.5) is 57.1 Å². The largest absolute Gasteiger partial charge is 0.460 e. The maximum absolute atomic E-state index is 13.9. The number of nitrogens with zero attached hydrogens (tertiary/aromatic N) is 1. The molecule has 146 valence electrons. The van der Waals surface area contributed by atoms with Gasteiger partial charge in [0.1, 0.15) is 0 Å². The van der Waals surface area contributed by atoms with Gasteiger partial charge >= 0.3 is 35.9 Å². The molecule has 0 aliphatic rings. The average molecular weight is 391 g/mol. The first-order chi connectivity index (χ1) is 10.3. The lowest BCUT2D eigenvalue weighted by Gasteiger charge is -2.45. The molecule has 1 nitrogen and oxygen atoms in total. The van der Waals surface area contributed by atoms with Crippen LogP contribution in [0.5, 0.6) is 0 Å². The smallest absolute Gasteiger partial charge is 0.242 e. The second kappa shape index (κ2) is 6.09. The number of alkyl halides is 13. The van der Waals surface area contributed by atoms with Crippen molar-refractivity contribution in [1.29, 1.82) is 0 Å². The number of halogens is 13. The quantitative estimate of drug-likeness (QED) is 0.454. The van der Waals surface area contributed by atoms with E-state index < -0.39 is 53.9 Å². The van der Waals surface area contributed by atoms with Gasteiger partial charge in [-0.1, -0.05) is 13.8 Å². The lowest BCUT2D eigenvalue weighted by Crippen LogP contribution is -2.76. The van der Waals surface area contributed by atoms with E-state index in [9.17, 15) is 57.1 Å². The van der Waals surface area contributed by atoms with Crippen molar-refractivity contribution >= 4 is 0 Å². The van der Waals surface area contributed by atoms with Crippen LogP contribution in [-0.2, 0) is 0 Å². The minimum atomic E-state index is -7.86. The first-order valence-corrected chi connectivity index (χ1v) is 5.98. The summed E-state index contributed by atoms with van der Waals surface area (Å²) in [7, 11) is 0. The molecule has 1 atom stereocenters. The van der Waals surface area contributed by atoms with Gasteiger partial charge in [-0.25, -0.2) is 9.29 Å². The molecule has 0 spiro atoms. The van der Waals surface area contributed by atoms with Crippen LogP contribution in [0.1, 0.15) is 13.8 Å². The third-order valence-corrected chi connectivity index (χ3v) is 3.15. The van der Waals surface area contributed by atoms with Crippen molar-refractivity contribution in [2.24, 2.45) is 0 Å². The molecule has 0 rings (SSSR count). The van der Waals surface area contributed by atoms with Gasteiger partial charge < -0.3 is 0 Å². The molecule has 24 heavy (non-hydrogen) atoms. The Morgan fingerprint density at radius 3 is 1.08 bits per heavy atom. The zero-order valence-electron chi connectivity index (χ0n) is 11.8. The van der Waals surface area contributed by atoms with Gasteiger partial charge in [0.05, 0.1) is 0 Å². The highest BCUT2D eigenvalue weighted by atomic mass is 19.4. The third kappa shape index (κ3) is 2.90. The molecule has 1 unspecified atom stereocenters. The van der Waals surface area contributed by atoms with Gasteiger partial charge in [-0.05, 0) is 0 Å². The Balaban J connectivity index is 6.73. The van der Waals surface area contributed by atoms with Crippen LogP contribution in [0.2, 0.25) is 0 Å². The van der Waals surface area contributed by atoms with E-state index in [1.807, 2.05) is 0 Å². The molecule has 0 aliphatic heterocycles. The minimum Gasteiger partial charge on any atom is -0.242 e. The Hall–Kier alpha value is -0.950. The fourth-order valence-electron chi connectivity index (χ4n) is 1.77. The van der Waals surface area contributed by atoms with Crippen molar-refractivity contribution in [3.8, 4) is 0 Å². The van der Waals surface area contributed by atoms with Crippen molar-refractivity contribution in [2.75, 3.05) is 13.1 Å². The maximum Gasteiger partial charge on any atom is 0.460 e. The summed E-state index contributed by atoms with van der Waals surface area (Å²) in [5.74, 6) is -15.6. The lowest BCUT2D eigenvalue weighted by atomic mass is 9.87.